The minimum Gasteiger partial charge on any atom is -0.369 e. The molecule has 0 fully saturated rings. The molecule has 0 aliphatic carbocycles. The van der Waals surface area contributed by atoms with E-state index in [-0.39, 0.29) is 5.96 Å². The van der Waals surface area contributed by atoms with Crippen LogP contribution < -0.4 is 5.73 Å². The first-order valence-electron chi connectivity index (χ1n) is 2.45. The van der Waals surface area contributed by atoms with E-state index in [0.717, 1.165) is 0 Å². The Morgan fingerprint density at radius 1 is 2.00 bits per heavy atom. The molecule has 0 saturated carbocycles. The molecule has 0 heterocycles. The molecule has 0 aromatic rings. The minimum atomic E-state index is 0.201. The molecule has 4 nitrogen and oxygen atoms in total. The van der Waals surface area contributed by atoms with Crippen molar-refractivity contribution in [1.82, 2.24) is 4.90 Å². The van der Waals surface area contributed by atoms with Gasteiger partial charge in [0.1, 0.15) is 0 Å². The number of guanidine groups is 1. The Balaban J connectivity index is 3.89. The lowest BCUT2D eigenvalue weighted by atomic mass is 10.6. The zero-order chi connectivity index (χ0) is 7.28. The van der Waals surface area contributed by atoms with E-state index in [4.69, 9.17) is 11.0 Å². The summed E-state index contributed by atoms with van der Waals surface area (Å²) in [6.45, 7) is 4.06. The van der Waals surface area contributed by atoms with Crippen molar-refractivity contribution >= 4 is 5.96 Å². The molecule has 0 atom stereocenters. The van der Waals surface area contributed by atoms with E-state index >= 15 is 0 Å². The van der Waals surface area contributed by atoms with Crippen molar-refractivity contribution in [1.29, 1.82) is 5.26 Å². The maximum atomic E-state index is 8.02. The van der Waals surface area contributed by atoms with Gasteiger partial charge in [-0.2, -0.15) is 5.26 Å². The SMILES string of the molecule is [CH2]CN(C)C(N)=NC#N. The highest BCUT2D eigenvalue weighted by atomic mass is 15.2. The molecule has 1 radical (unpaired) electrons. The number of hydrogen-bond donors (Lipinski definition) is 1. The van der Waals surface area contributed by atoms with Crippen LogP contribution in [0.4, 0.5) is 0 Å². The Morgan fingerprint density at radius 2 is 2.56 bits per heavy atom. The molecule has 49 valence electrons. The molecule has 0 rings (SSSR count). The first kappa shape index (κ1) is 7.76. The van der Waals surface area contributed by atoms with Crippen LogP contribution in [0.2, 0.25) is 0 Å². The van der Waals surface area contributed by atoms with Gasteiger partial charge in [0, 0.05) is 13.6 Å². The third kappa shape index (κ3) is 2.54. The molecule has 9 heavy (non-hydrogen) atoms. The summed E-state index contributed by atoms with van der Waals surface area (Å²) in [7, 11) is 1.71. The Bertz CT molecular complexity index is 144. The highest BCUT2D eigenvalue weighted by molar-refractivity contribution is 5.78. The summed E-state index contributed by atoms with van der Waals surface area (Å²) < 4.78 is 0. The van der Waals surface area contributed by atoms with Gasteiger partial charge in [-0.3, -0.25) is 0 Å². The second-order valence-electron chi connectivity index (χ2n) is 1.49. The van der Waals surface area contributed by atoms with E-state index in [9.17, 15) is 0 Å². The highest BCUT2D eigenvalue weighted by Gasteiger charge is 1.94. The summed E-state index contributed by atoms with van der Waals surface area (Å²) in [5, 5.41) is 8.02. The Morgan fingerprint density at radius 3 is 2.89 bits per heavy atom. The first-order valence-corrected chi connectivity index (χ1v) is 2.45. The van der Waals surface area contributed by atoms with Gasteiger partial charge in [0.2, 0.25) is 12.2 Å². The van der Waals surface area contributed by atoms with Crippen LogP contribution in [0.1, 0.15) is 0 Å². The van der Waals surface area contributed by atoms with E-state index in [1.807, 2.05) is 0 Å². The fourth-order valence-electron chi connectivity index (χ4n) is 0.251. The topological polar surface area (TPSA) is 65.4 Å². The number of hydrogen-bond acceptors (Lipinski definition) is 2. The zero-order valence-electron chi connectivity index (χ0n) is 5.33. The van der Waals surface area contributed by atoms with Gasteiger partial charge in [0.05, 0.1) is 0 Å². The number of rotatable bonds is 1. The lowest BCUT2D eigenvalue weighted by molar-refractivity contribution is 0.555. The fraction of sp³-hybridized carbons (Fsp3) is 0.400. The molecule has 0 aromatic heterocycles. The Labute approximate surface area is 54.6 Å². The molecule has 0 aliphatic rings. The van der Waals surface area contributed by atoms with Crippen molar-refractivity contribution in [2.24, 2.45) is 10.7 Å². The smallest absolute Gasteiger partial charge is 0.209 e. The maximum Gasteiger partial charge on any atom is 0.209 e. The van der Waals surface area contributed by atoms with Crippen molar-refractivity contribution in [3.05, 3.63) is 6.92 Å². The normalized spacial score (nSPS) is 10.6. The van der Waals surface area contributed by atoms with Gasteiger partial charge in [-0.1, -0.05) is 0 Å². The second kappa shape index (κ2) is 3.72. The molecule has 0 unspecified atom stereocenters. The summed E-state index contributed by atoms with van der Waals surface area (Å²) in [6, 6.07) is 0. The van der Waals surface area contributed by atoms with Crippen LogP contribution in [0, 0.1) is 18.4 Å². The van der Waals surface area contributed by atoms with Crippen LogP contribution in [0.5, 0.6) is 0 Å². The van der Waals surface area contributed by atoms with Gasteiger partial charge in [0.25, 0.3) is 0 Å². The van der Waals surface area contributed by atoms with Crippen LogP contribution in [0.3, 0.4) is 0 Å². The number of nitrogens with two attached hydrogens (primary N) is 1. The zero-order valence-corrected chi connectivity index (χ0v) is 5.33. The molecular formula is C5H9N4. The van der Waals surface area contributed by atoms with E-state index in [2.05, 4.69) is 11.9 Å². The maximum absolute atomic E-state index is 8.02. The number of aliphatic imine (C=N–C) groups is 1. The predicted octanol–water partition coefficient (Wildman–Crippen LogP) is -0.452. The standard InChI is InChI=1S/C5H9N4/c1-3-9(2)5(7)8-4-6/h1,3H2,2H3,(H2,7,8). The monoisotopic (exact) mass is 125 g/mol. The van der Waals surface area contributed by atoms with Gasteiger partial charge >= 0.3 is 0 Å². The lowest BCUT2D eigenvalue weighted by Gasteiger charge is -2.12. The third-order valence-electron chi connectivity index (χ3n) is 0.891. The number of nitriles is 1. The van der Waals surface area contributed by atoms with Crippen LogP contribution in [0.15, 0.2) is 4.99 Å². The van der Waals surface area contributed by atoms with Gasteiger partial charge < -0.3 is 10.6 Å². The van der Waals surface area contributed by atoms with E-state index < -0.39 is 0 Å². The molecule has 4 heteroatoms. The fourth-order valence-corrected chi connectivity index (χ4v) is 0.251. The van der Waals surface area contributed by atoms with E-state index in [0.29, 0.717) is 6.54 Å². The molecule has 2 N–H and O–H groups in total. The summed E-state index contributed by atoms with van der Waals surface area (Å²) >= 11 is 0. The quantitative estimate of drug-likeness (QED) is 0.293. The molecule has 0 aliphatic heterocycles. The minimum absolute atomic E-state index is 0.201. The second-order valence-corrected chi connectivity index (χ2v) is 1.49. The van der Waals surface area contributed by atoms with Gasteiger partial charge in [0.15, 0.2) is 0 Å². The Kier molecular flexibility index (Phi) is 3.21. The molecule has 0 bridgehead atoms. The van der Waals surface area contributed by atoms with Crippen molar-refractivity contribution in [3.63, 3.8) is 0 Å². The van der Waals surface area contributed by atoms with Gasteiger partial charge in [-0.15, -0.1) is 4.99 Å². The van der Waals surface area contributed by atoms with Gasteiger partial charge in [-0.05, 0) is 6.92 Å². The molecule has 0 spiro atoms. The van der Waals surface area contributed by atoms with Gasteiger partial charge in [-0.25, -0.2) is 0 Å². The van der Waals surface area contributed by atoms with Crippen molar-refractivity contribution in [2.45, 2.75) is 0 Å². The summed E-state index contributed by atoms with van der Waals surface area (Å²) in [6.07, 6.45) is 1.58. The van der Waals surface area contributed by atoms with Crippen molar-refractivity contribution < 1.29 is 0 Å². The van der Waals surface area contributed by atoms with E-state index in [1.54, 1.807) is 18.1 Å². The van der Waals surface area contributed by atoms with Crippen LogP contribution >= 0.6 is 0 Å². The predicted molar refractivity (Wildman–Crippen MR) is 35.2 cm³/mol. The third-order valence-corrected chi connectivity index (χ3v) is 0.891. The Hall–Kier alpha value is -1.24. The summed E-state index contributed by atoms with van der Waals surface area (Å²) in [5.41, 5.74) is 5.25. The summed E-state index contributed by atoms with van der Waals surface area (Å²) in [4.78, 5) is 4.85. The lowest BCUT2D eigenvalue weighted by Crippen LogP contribution is -2.33. The molecule has 0 aromatic carbocycles. The van der Waals surface area contributed by atoms with Crippen LogP contribution in [-0.4, -0.2) is 24.5 Å². The van der Waals surface area contributed by atoms with Crippen LogP contribution in [-0.2, 0) is 0 Å². The summed E-state index contributed by atoms with van der Waals surface area (Å²) in [5.74, 6) is 0.201. The van der Waals surface area contributed by atoms with Crippen molar-refractivity contribution in [2.75, 3.05) is 13.6 Å². The number of nitrogens with zero attached hydrogens (tertiary/aromatic N) is 3. The average molecular weight is 125 g/mol. The molecular weight excluding hydrogens is 116 g/mol. The highest BCUT2D eigenvalue weighted by Crippen LogP contribution is 1.77. The van der Waals surface area contributed by atoms with Crippen molar-refractivity contribution in [3.8, 4) is 6.19 Å². The largest absolute Gasteiger partial charge is 0.369 e. The van der Waals surface area contributed by atoms with Crippen LogP contribution in [0.25, 0.3) is 0 Å². The van der Waals surface area contributed by atoms with E-state index in [1.165, 1.54) is 0 Å². The molecule has 0 amide bonds. The molecule has 0 saturated heterocycles. The first-order chi connectivity index (χ1) is 4.22. The average Bonchev–Trinajstić information content (AvgIpc) is 1.87.